The molecular weight excluding hydrogens is 256 g/mol. The zero-order valence-electron chi connectivity index (χ0n) is 10.9. The summed E-state index contributed by atoms with van der Waals surface area (Å²) in [6.45, 7) is 3.13. The highest BCUT2D eigenvalue weighted by molar-refractivity contribution is 7.10. The van der Waals surface area contributed by atoms with Crippen molar-refractivity contribution in [1.82, 2.24) is 10.6 Å². The smallest absolute Gasteiger partial charge is 0.234 e. The summed E-state index contributed by atoms with van der Waals surface area (Å²) in [5, 5.41) is 8.15. The predicted molar refractivity (Wildman–Crippen MR) is 79.3 cm³/mol. The molecule has 0 aliphatic rings. The lowest BCUT2D eigenvalue weighted by atomic mass is 10.1. The third-order valence-electron chi connectivity index (χ3n) is 2.80. The minimum Gasteiger partial charge on any atom is -0.343 e. The van der Waals surface area contributed by atoms with Gasteiger partial charge in [-0.3, -0.25) is 4.79 Å². The van der Waals surface area contributed by atoms with Gasteiger partial charge in [0, 0.05) is 4.88 Å². The lowest BCUT2D eigenvalue weighted by molar-refractivity contribution is -0.120. The molecular formula is C15H18N2OS. The van der Waals surface area contributed by atoms with E-state index in [0.29, 0.717) is 6.54 Å². The van der Waals surface area contributed by atoms with Gasteiger partial charge in [-0.25, -0.2) is 0 Å². The van der Waals surface area contributed by atoms with E-state index in [1.165, 1.54) is 0 Å². The fourth-order valence-electron chi connectivity index (χ4n) is 1.87. The predicted octanol–water partition coefficient (Wildman–Crippen LogP) is 2.56. The Labute approximate surface area is 117 Å². The molecule has 4 heteroatoms. The summed E-state index contributed by atoms with van der Waals surface area (Å²) in [7, 11) is 0. The van der Waals surface area contributed by atoms with Crippen molar-refractivity contribution in [2.45, 2.75) is 13.0 Å². The Kier molecular flexibility index (Phi) is 5.12. The number of hydrogen-bond acceptors (Lipinski definition) is 3. The maximum atomic E-state index is 11.9. The van der Waals surface area contributed by atoms with Crippen molar-refractivity contribution in [3.63, 3.8) is 0 Å². The average Bonchev–Trinajstić information content (AvgIpc) is 2.97. The van der Waals surface area contributed by atoms with E-state index in [1.807, 2.05) is 48.7 Å². The number of carbonyl (C=O) groups is 1. The normalized spacial score (nSPS) is 12.1. The van der Waals surface area contributed by atoms with Gasteiger partial charge in [-0.2, -0.15) is 0 Å². The van der Waals surface area contributed by atoms with Crippen LogP contribution in [0.25, 0.3) is 0 Å². The molecule has 0 saturated carbocycles. The molecule has 100 valence electrons. The topological polar surface area (TPSA) is 41.1 Å². The zero-order valence-corrected chi connectivity index (χ0v) is 11.7. The third kappa shape index (κ3) is 3.91. The molecule has 1 aromatic heterocycles. The number of nitrogens with one attached hydrogen (secondary N) is 2. The summed E-state index contributed by atoms with van der Waals surface area (Å²) in [6, 6.07) is 14.0. The van der Waals surface area contributed by atoms with Crippen LogP contribution in [0.5, 0.6) is 0 Å². The van der Waals surface area contributed by atoms with Crippen LogP contribution in [0, 0.1) is 0 Å². The maximum Gasteiger partial charge on any atom is 0.234 e. The second-order valence-corrected chi connectivity index (χ2v) is 5.19. The lowest BCUT2D eigenvalue weighted by Gasteiger charge is -2.18. The van der Waals surface area contributed by atoms with E-state index in [4.69, 9.17) is 0 Å². The van der Waals surface area contributed by atoms with E-state index in [1.54, 1.807) is 11.3 Å². The van der Waals surface area contributed by atoms with Gasteiger partial charge in [-0.05, 0) is 23.6 Å². The van der Waals surface area contributed by atoms with Crippen molar-refractivity contribution in [3.05, 3.63) is 58.3 Å². The van der Waals surface area contributed by atoms with Gasteiger partial charge in [0.15, 0.2) is 0 Å². The quantitative estimate of drug-likeness (QED) is 0.850. The summed E-state index contributed by atoms with van der Waals surface area (Å²) in [5.41, 5.74) is 1.11. The molecule has 2 N–H and O–H groups in total. The van der Waals surface area contributed by atoms with E-state index in [2.05, 4.69) is 16.7 Å². The summed E-state index contributed by atoms with van der Waals surface area (Å²) >= 11 is 1.66. The number of amides is 1. The number of rotatable bonds is 6. The highest BCUT2D eigenvalue weighted by atomic mass is 32.1. The van der Waals surface area contributed by atoms with Gasteiger partial charge >= 0.3 is 0 Å². The molecule has 1 heterocycles. The van der Waals surface area contributed by atoms with Crippen LogP contribution >= 0.6 is 11.3 Å². The van der Waals surface area contributed by atoms with Crippen LogP contribution in [-0.2, 0) is 4.79 Å². The standard InChI is InChI=1S/C15H18N2OS/c1-2-16-11-14(18)17-15(13-9-6-10-19-13)12-7-4-3-5-8-12/h3-10,15-16H,2,11H2,1H3,(H,17,18). The number of likely N-dealkylation sites (N-methyl/N-ethyl adjacent to an activating group) is 1. The van der Waals surface area contributed by atoms with Gasteiger partial charge < -0.3 is 10.6 Å². The van der Waals surface area contributed by atoms with Gasteiger partial charge in [-0.15, -0.1) is 11.3 Å². The van der Waals surface area contributed by atoms with E-state index in [-0.39, 0.29) is 11.9 Å². The van der Waals surface area contributed by atoms with Crippen LogP contribution < -0.4 is 10.6 Å². The second-order valence-electron chi connectivity index (χ2n) is 4.21. The Balaban J connectivity index is 2.14. The van der Waals surface area contributed by atoms with Crippen LogP contribution in [0.2, 0.25) is 0 Å². The fourth-order valence-corrected chi connectivity index (χ4v) is 2.67. The van der Waals surface area contributed by atoms with E-state index >= 15 is 0 Å². The first kappa shape index (κ1) is 13.8. The third-order valence-corrected chi connectivity index (χ3v) is 3.74. The Hall–Kier alpha value is -1.65. The largest absolute Gasteiger partial charge is 0.343 e. The molecule has 0 radical (unpaired) electrons. The summed E-state index contributed by atoms with van der Waals surface area (Å²) in [4.78, 5) is 13.1. The van der Waals surface area contributed by atoms with Crippen molar-refractivity contribution in [3.8, 4) is 0 Å². The molecule has 1 amide bonds. The Morgan fingerprint density at radius 3 is 2.63 bits per heavy atom. The first-order chi connectivity index (χ1) is 9.31. The van der Waals surface area contributed by atoms with E-state index in [9.17, 15) is 4.79 Å². The van der Waals surface area contributed by atoms with E-state index < -0.39 is 0 Å². The SMILES string of the molecule is CCNCC(=O)NC(c1ccccc1)c1cccs1. The summed E-state index contributed by atoms with van der Waals surface area (Å²) in [5.74, 6) is 0.0177. The molecule has 3 nitrogen and oxygen atoms in total. The highest BCUT2D eigenvalue weighted by Gasteiger charge is 2.17. The number of thiophene rings is 1. The minimum atomic E-state index is -0.0626. The average molecular weight is 274 g/mol. The number of benzene rings is 1. The van der Waals surface area contributed by atoms with Gasteiger partial charge in [0.2, 0.25) is 5.91 Å². The minimum absolute atomic E-state index is 0.0177. The molecule has 0 spiro atoms. The van der Waals surface area contributed by atoms with Crippen molar-refractivity contribution < 1.29 is 4.79 Å². The fraction of sp³-hybridized carbons (Fsp3) is 0.267. The molecule has 19 heavy (non-hydrogen) atoms. The Morgan fingerprint density at radius 2 is 2.00 bits per heavy atom. The van der Waals surface area contributed by atoms with Crippen molar-refractivity contribution >= 4 is 17.2 Å². The summed E-state index contributed by atoms with van der Waals surface area (Å²) < 4.78 is 0. The van der Waals surface area contributed by atoms with Crippen LogP contribution in [0.4, 0.5) is 0 Å². The molecule has 0 aliphatic heterocycles. The Morgan fingerprint density at radius 1 is 1.21 bits per heavy atom. The molecule has 0 fully saturated rings. The first-order valence-electron chi connectivity index (χ1n) is 6.39. The molecule has 1 aromatic carbocycles. The van der Waals surface area contributed by atoms with Gasteiger partial charge in [-0.1, -0.05) is 43.3 Å². The highest BCUT2D eigenvalue weighted by Crippen LogP contribution is 2.25. The molecule has 2 aromatic rings. The maximum absolute atomic E-state index is 11.9. The Bertz CT molecular complexity index is 496. The molecule has 0 saturated heterocycles. The van der Waals surface area contributed by atoms with Gasteiger partial charge in [0.25, 0.3) is 0 Å². The second kappa shape index (κ2) is 7.07. The van der Waals surface area contributed by atoms with Crippen LogP contribution in [0.3, 0.4) is 0 Å². The van der Waals surface area contributed by atoms with E-state index in [0.717, 1.165) is 17.0 Å². The number of hydrogen-bond donors (Lipinski definition) is 2. The number of carbonyl (C=O) groups excluding carboxylic acids is 1. The van der Waals surface area contributed by atoms with Crippen LogP contribution in [0.15, 0.2) is 47.8 Å². The van der Waals surface area contributed by atoms with Crippen molar-refractivity contribution in [2.24, 2.45) is 0 Å². The van der Waals surface area contributed by atoms with Crippen molar-refractivity contribution in [1.29, 1.82) is 0 Å². The van der Waals surface area contributed by atoms with Crippen LogP contribution in [-0.4, -0.2) is 19.0 Å². The molecule has 0 bridgehead atoms. The molecule has 2 rings (SSSR count). The van der Waals surface area contributed by atoms with Crippen molar-refractivity contribution in [2.75, 3.05) is 13.1 Å². The monoisotopic (exact) mass is 274 g/mol. The lowest BCUT2D eigenvalue weighted by Crippen LogP contribution is -2.36. The van der Waals surface area contributed by atoms with Gasteiger partial charge in [0.1, 0.15) is 0 Å². The zero-order chi connectivity index (χ0) is 13.5. The van der Waals surface area contributed by atoms with Crippen LogP contribution in [0.1, 0.15) is 23.4 Å². The first-order valence-corrected chi connectivity index (χ1v) is 7.27. The molecule has 1 atom stereocenters. The molecule has 1 unspecified atom stereocenters. The molecule has 0 aliphatic carbocycles. The summed E-state index contributed by atoms with van der Waals surface area (Å²) in [6.07, 6.45) is 0. The van der Waals surface area contributed by atoms with Gasteiger partial charge in [0.05, 0.1) is 12.6 Å².